The topological polar surface area (TPSA) is 92.6 Å². The number of nitrogens with zero attached hydrogens (tertiary/aromatic N) is 6. The molecule has 0 bridgehead atoms. The van der Waals surface area contributed by atoms with Crippen LogP contribution in [0.1, 0.15) is 35.4 Å². The Kier molecular flexibility index (Phi) is 4.93. The Labute approximate surface area is 164 Å². The maximum absolute atomic E-state index is 13.1. The third kappa shape index (κ3) is 3.54. The van der Waals surface area contributed by atoms with E-state index < -0.39 is 0 Å². The van der Waals surface area contributed by atoms with Crippen LogP contribution in [0, 0.1) is 13.8 Å². The molecule has 0 spiro atoms. The first-order valence-corrected chi connectivity index (χ1v) is 9.62. The second-order valence-corrected chi connectivity index (χ2v) is 7.54. The molecule has 3 heterocycles. The molecule has 1 fully saturated rings. The third-order valence-electron chi connectivity index (χ3n) is 5.66. The van der Waals surface area contributed by atoms with Crippen LogP contribution in [0.3, 0.4) is 0 Å². The number of likely N-dealkylation sites (tertiary alicyclic amines) is 1. The number of rotatable bonds is 5. The molecule has 1 N–H and O–H groups in total. The molecule has 0 radical (unpaired) electrons. The molecule has 1 atom stereocenters. The van der Waals surface area contributed by atoms with Gasteiger partial charge in [0, 0.05) is 44.0 Å². The van der Waals surface area contributed by atoms with Crippen LogP contribution < -0.4 is 0 Å². The smallest absolute Gasteiger partial charge is 0.227 e. The monoisotopic (exact) mass is 379 g/mol. The van der Waals surface area contributed by atoms with E-state index in [1.54, 1.807) is 0 Å². The van der Waals surface area contributed by atoms with Crippen LogP contribution in [-0.4, -0.2) is 53.6 Å². The number of carbonyl (C=O) groups excluding carboxylic acids is 1. The molecule has 0 saturated carbocycles. The standard InChI is InChI=1S/C20H25N7O/c1-13-9-15(20-22-24-25-23-20)10-14(2)17(13)12-19(28)27-7-4-5-16(27)11-18-21-6-8-26(18)3/h6,8-10,16H,4-5,7,11-12H2,1-3H3,(H,22,23,24,25)/t16-/m1/s1. The molecule has 1 amide bonds. The number of imidazole rings is 1. The van der Waals surface area contributed by atoms with E-state index in [2.05, 4.69) is 25.6 Å². The van der Waals surface area contributed by atoms with Crippen molar-refractivity contribution in [3.63, 3.8) is 0 Å². The maximum atomic E-state index is 13.1. The number of benzene rings is 1. The Morgan fingerprint density at radius 1 is 1.29 bits per heavy atom. The van der Waals surface area contributed by atoms with Crippen molar-refractivity contribution in [1.29, 1.82) is 0 Å². The van der Waals surface area contributed by atoms with Gasteiger partial charge >= 0.3 is 0 Å². The third-order valence-corrected chi connectivity index (χ3v) is 5.66. The average molecular weight is 379 g/mol. The van der Waals surface area contributed by atoms with Gasteiger partial charge in [-0.25, -0.2) is 4.98 Å². The first-order chi connectivity index (χ1) is 13.5. The SMILES string of the molecule is Cc1cc(-c2nn[nH]n2)cc(C)c1CC(=O)N1CCC[C@@H]1Cc1nccn1C. The van der Waals surface area contributed by atoms with E-state index in [0.29, 0.717) is 12.2 Å². The van der Waals surface area contributed by atoms with Crippen molar-refractivity contribution in [2.45, 2.75) is 45.6 Å². The number of carbonyl (C=O) groups is 1. The summed E-state index contributed by atoms with van der Waals surface area (Å²) in [6.45, 7) is 4.90. The van der Waals surface area contributed by atoms with Crippen molar-refractivity contribution in [1.82, 2.24) is 35.1 Å². The predicted molar refractivity (Wildman–Crippen MR) is 104 cm³/mol. The van der Waals surface area contributed by atoms with E-state index in [1.165, 1.54) is 0 Å². The molecule has 8 nitrogen and oxygen atoms in total. The second-order valence-electron chi connectivity index (χ2n) is 7.54. The van der Waals surface area contributed by atoms with Gasteiger partial charge in [0.05, 0.1) is 6.42 Å². The molecule has 3 aromatic rings. The lowest BCUT2D eigenvalue weighted by molar-refractivity contribution is -0.131. The number of hydrogen-bond acceptors (Lipinski definition) is 5. The maximum Gasteiger partial charge on any atom is 0.227 e. The number of hydrogen-bond donors (Lipinski definition) is 1. The van der Waals surface area contributed by atoms with E-state index >= 15 is 0 Å². The minimum Gasteiger partial charge on any atom is -0.339 e. The van der Waals surface area contributed by atoms with Crippen LogP contribution in [0.2, 0.25) is 0 Å². The van der Waals surface area contributed by atoms with Gasteiger partial charge in [-0.3, -0.25) is 4.79 Å². The molecular weight excluding hydrogens is 354 g/mol. The van der Waals surface area contributed by atoms with Crippen LogP contribution in [-0.2, 0) is 24.7 Å². The Morgan fingerprint density at radius 3 is 2.71 bits per heavy atom. The van der Waals surface area contributed by atoms with Gasteiger partial charge < -0.3 is 9.47 Å². The van der Waals surface area contributed by atoms with Crippen molar-refractivity contribution < 1.29 is 4.79 Å². The van der Waals surface area contributed by atoms with E-state index in [1.807, 2.05) is 54.9 Å². The quantitative estimate of drug-likeness (QED) is 0.732. The zero-order valence-corrected chi connectivity index (χ0v) is 16.5. The summed E-state index contributed by atoms with van der Waals surface area (Å²) in [7, 11) is 2.00. The molecule has 1 aromatic carbocycles. The van der Waals surface area contributed by atoms with E-state index in [4.69, 9.17) is 0 Å². The van der Waals surface area contributed by atoms with Gasteiger partial charge in [-0.15, -0.1) is 10.2 Å². The van der Waals surface area contributed by atoms with Gasteiger partial charge in [0.1, 0.15) is 5.82 Å². The van der Waals surface area contributed by atoms with E-state index in [-0.39, 0.29) is 11.9 Å². The number of aryl methyl sites for hydroxylation is 3. The number of H-pyrrole nitrogens is 1. The summed E-state index contributed by atoms with van der Waals surface area (Å²) >= 11 is 0. The summed E-state index contributed by atoms with van der Waals surface area (Å²) in [6, 6.07) is 4.28. The fourth-order valence-electron chi connectivity index (χ4n) is 4.12. The summed E-state index contributed by atoms with van der Waals surface area (Å²) in [5.41, 5.74) is 4.15. The minimum atomic E-state index is 0.190. The van der Waals surface area contributed by atoms with E-state index in [0.717, 1.165) is 53.9 Å². The highest BCUT2D eigenvalue weighted by atomic mass is 16.2. The lowest BCUT2D eigenvalue weighted by Gasteiger charge is -2.25. The molecule has 8 heteroatoms. The average Bonchev–Trinajstić information content (AvgIpc) is 3.41. The molecule has 1 aliphatic rings. The molecule has 146 valence electrons. The summed E-state index contributed by atoms with van der Waals surface area (Å²) in [5.74, 6) is 1.79. The highest BCUT2D eigenvalue weighted by Gasteiger charge is 2.30. The molecular formula is C20H25N7O. The zero-order valence-electron chi connectivity index (χ0n) is 16.5. The predicted octanol–water partition coefficient (Wildman–Crippen LogP) is 1.99. The summed E-state index contributed by atoms with van der Waals surface area (Å²) in [4.78, 5) is 19.6. The fourth-order valence-corrected chi connectivity index (χ4v) is 4.12. The Balaban J connectivity index is 1.50. The molecule has 1 saturated heterocycles. The summed E-state index contributed by atoms with van der Waals surface area (Å²) in [5, 5.41) is 14.2. The Hall–Kier alpha value is -3.03. The van der Waals surface area contributed by atoms with E-state index in [9.17, 15) is 4.79 Å². The number of aromatic nitrogens is 6. The fraction of sp³-hybridized carbons (Fsp3) is 0.450. The van der Waals surface area contributed by atoms with Gasteiger partial charge in [0.15, 0.2) is 0 Å². The largest absolute Gasteiger partial charge is 0.339 e. The molecule has 0 unspecified atom stereocenters. The number of aromatic amines is 1. The zero-order chi connectivity index (χ0) is 19.7. The Morgan fingerprint density at radius 2 is 2.07 bits per heavy atom. The van der Waals surface area contributed by atoms with Crippen molar-refractivity contribution in [2.75, 3.05) is 6.54 Å². The summed E-state index contributed by atoms with van der Waals surface area (Å²) < 4.78 is 2.03. The molecule has 0 aliphatic carbocycles. The number of tetrazole rings is 1. The molecule has 1 aliphatic heterocycles. The van der Waals surface area contributed by atoms with Crippen molar-refractivity contribution in [2.24, 2.45) is 7.05 Å². The van der Waals surface area contributed by atoms with Crippen LogP contribution >= 0.6 is 0 Å². The normalized spacial score (nSPS) is 16.7. The van der Waals surface area contributed by atoms with Crippen LogP contribution in [0.15, 0.2) is 24.5 Å². The first kappa shape index (κ1) is 18.3. The highest BCUT2D eigenvalue weighted by Crippen LogP contribution is 2.26. The van der Waals surface area contributed by atoms with Gasteiger partial charge in [0.25, 0.3) is 0 Å². The first-order valence-electron chi connectivity index (χ1n) is 9.62. The van der Waals surface area contributed by atoms with Gasteiger partial charge in [-0.05, 0) is 60.7 Å². The molecule has 2 aromatic heterocycles. The highest BCUT2D eigenvalue weighted by molar-refractivity contribution is 5.80. The Bertz CT molecular complexity index is 953. The second kappa shape index (κ2) is 7.53. The van der Waals surface area contributed by atoms with Crippen LogP contribution in [0.25, 0.3) is 11.4 Å². The van der Waals surface area contributed by atoms with Crippen molar-refractivity contribution in [3.8, 4) is 11.4 Å². The molecule has 28 heavy (non-hydrogen) atoms. The van der Waals surface area contributed by atoms with Crippen LogP contribution in [0.5, 0.6) is 0 Å². The van der Waals surface area contributed by atoms with Crippen molar-refractivity contribution >= 4 is 5.91 Å². The number of amides is 1. The van der Waals surface area contributed by atoms with Gasteiger partial charge in [-0.2, -0.15) is 5.21 Å². The lowest BCUT2D eigenvalue weighted by Crippen LogP contribution is -2.38. The van der Waals surface area contributed by atoms with Gasteiger partial charge in [-0.1, -0.05) is 0 Å². The lowest BCUT2D eigenvalue weighted by atomic mass is 9.96. The molecule has 4 rings (SSSR count). The van der Waals surface area contributed by atoms with Crippen LogP contribution in [0.4, 0.5) is 0 Å². The minimum absolute atomic E-state index is 0.190. The number of nitrogens with one attached hydrogen (secondary N) is 1. The van der Waals surface area contributed by atoms with Crippen molar-refractivity contribution in [3.05, 3.63) is 47.0 Å². The van der Waals surface area contributed by atoms with Gasteiger partial charge in [0.2, 0.25) is 11.7 Å². The summed E-state index contributed by atoms with van der Waals surface area (Å²) in [6.07, 6.45) is 7.08.